The largest absolute Gasteiger partial charge is 0.481 e. The molecule has 0 saturated heterocycles. The Balaban J connectivity index is 2.19. The van der Waals surface area contributed by atoms with E-state index < -0.39 is 11.9 Å². The van der Waals surface area contributed by atoms with Crippen LogP contribution in [0.2, 0.25) is 0 Å². The number of nitrogens with one attached hydrogen (secondary N) is 1. The van der Waals surface area contributed by atoms with Crippen LogP contribution in [0.4, 0.5) is 0 Å². The Bertz CT molecular complexity index is 410. The van der Waals surface area contributed by atoms with Crippen molar-refractivity contribution >= 4 is 24.4 Å². The van der Waals surface area contributed by atoms with Gasteiger partial charge in [0.05, 0.1) is 0 Å². The Morgan fingerprint density at radius 3 is 2.35 bits per heavy atom. The Labute approximate surface area is 137 Å². The number of aldehydes is 2. The average molecular weight is 325 g/mol. The molecule has 1 saturated carbocycles. The van der Waals surface area contributed by atoms with Crippen molar-refractivity contribution in [2.45, 2.75) is 57.8 Å². The van der Waals surface area contributed by atoms with Crippen LogP contribution in [0.25, 0.3) is 0 Å². The number of hydrogen-bond donors (Lipinski definition) is 2. The fourth-order valence-electron chi connectivity index (χ4n) is 3.19. The highest BCUT2D eigenvalue weighted by atomic mass is 16.4. The number of unbranched alkanes of at least 4 members (excludes halogenated alkanes) is 4. The molecule has 0 aromatic heterocycles. The number of hydrogen-bond acceptors (Lipinski definition) is 4. The number of carboxylic acids is 1. The fraction of sp³-hybridized carbons (Fsp3) is 0.765. The van der Waals surface area contributed by atoms with Gasteiger partial charge in [0.1, 0.15) is 12.6 Å². The maximum atomic E-state index is 12.2. The molecule has 1 rings (SSSR count). The molecule has 1 aliphatic rings. The van der Waals surface area contributed by atoms with Gasteiger partial charge in [0.15, 0.2) is 0 Å². The second kappa shape index (κ2) is 10.9. The molecule has 0 aromatic rings. The van der Waals surface area contributed by atoms with Gasteiger partial charge in [-0.25, -0.2) is 0 Å². The minimum absolute atomic E-state index is 0.125. The van der Waals surface area contributed by atoms with Gasteiger partial charge in [0.25, 0.3) is 0 Å². The molecule has 6 heteroatoms. The predicted molar refractivity (Wildman–Crippen MR) is 84.8 cm³/mol. The lowest BCUT2D eigenvalue weighted by atomic mass is 9.73. The third-order valence-corrected chi connectivity index (χ3v) is 4.55. The van der Waals surface area contributed by atoms with Gasteiger partial charge >= 0.3 is 5.97 Å². The van der Waals surface area contributed by atoms with Crippen molar-refractivity contribution in [3.8, 4) is 0 Å². The number of amides is 1. The van der Waals surface area contributed by atoms with Crippen molar-refractivity contribution in [2.75, 3.05) is 6.54 Å². The van der Waals surface area contributed by atoms with Crippen LogP contribution in [0.3, 0.4) is 0 Å². The Morgan fingerprint density at radius 1 is 1.00 bits per heavy atom. The molecule has 0 aromatic carbocycles. The van der Waals surface area contributed by atoms with Crippen LogP contribution in [0.5, 0.6) is 0 Å². The van der Waals surface area contributed by atoms with Crippen molar-refractivity contribution in [3.63, 3.8) is 0 Å². The number of carbonyl (C=O) groups is 4. The zero-order valence-electron chi connectivity index (χ0n) is 13.5. The predicted octanol–water partition coefficient (Wildman–Crippen LogP) is 1.96. The molecular weight excluding hydrogens is 298 g/mol. The zero-order chi connectivity index (χ0) is 17.1. The Morgan fingerprint density at radius 2 is 1.70 bits per heavy atom. The van der Waals surface area contributed by atoms with Gasteiger partial charge in [0.2, 0.25) is 5.91 Å². The molecule has 3 atom stereocenters. The first kappa shape index (κ1) is 19.3. The molecule has 0 spiro atoms. The van der Waals surface area contributed by atoms with Crippen LogP contribution in [0.1, 0.15) is 57.8 Å². The molecule has 0 radical (unpaired) electrons. The van der Waals surface area contributed by atoms with Crippen LogP contribution in [-0.2, 0) is 19.2 Å². The number of rotatable bonds is 11. The highest BCUT2D eigenvalue weighted by Gasteiger charge is 2.36. The standard InChI is InChI=1S/C17H27NO5/c19-11-13-7-6-8-14(15(13)12-20)17(23)18-10-5-3-1-2-4-9-16(21)22/h11-15H,1-10H2,(H,18,23)(H,21,22). The molecule has 0 bridgehead atoms. The normalized spacial score (nSPS) is 23.9. The van der Waals surface area contributed by atoms with Gasteiger partial charge in [-0.3, -0.25) is 9.59 Å². The van der Waals surface area contributed by atoms with Crippen LogP contribution < -0.4 is 5.32 Å². The van der Waals surface area contributed by atoms with Gasteiger partial charge in [-0.05, 0) is 25.7 Å². The van der Waals surface area contributed by atoms with Gasteiger partial charge in [-0.2, -0.15) is 0 Å². The second-order valence-corrected chi connectivity index (χ2v) is 6.25. The Kier molecular flexibility index (Phi) is 9.17. The summed E-state index contributed by atoms with van der Waals surface area (Å²) >= 11 is 0. The molecule has 0 heterocycles. The fourth-order valence-corrected chi connectivity index (χ4v) is 3.19. The summed E-state index contributed by atoms with van der Waals surface area (Å²) in [5, 5.41) is 11.4. The lowest BCUT2D eigenvalue weighted by molar-refractivity contribution is -0.137. The maximum Gasteiger partial charge on any atom is 0.303 e. The van der Waals surface area contributed by atoms with Gasteiger partial charge in [-0.1, -0.05) is 25.7 Å². The first-order valence-electron chi connectivity index (χ1n) is 8.50. The Hall–Kier alpha value is -1.72. The smallest absolute Gasteiger partial charge is 0.303 e. The quantitative estimate of drug-likeness (QED) is 0.447. The van der Waals surface area contributed by atoms with E-state index in [1.54, 1.807) is 0 Å². The monoisotopic (exact) mass is 325 g/mol. The second-order valence-electron chi connectivity index (χ2n) is 6.25. The van der Waals surface area contributed by atoms with Crippen LogP contribution in [0.15, 0.2) is 0 Å². The number of aliphatic carboxylic acids is 1. The first-order valence-corrected chi connectivity index (χ1v) is 8.50. The summed E-state index contributed by atoms with van der Waals surface area (Å²) in [5.74, 6) is -2.09. The summed E-state index contributed by atoms with van der Waals surface area (Å²) in [7, 11) is 0. The first-order chi connectivity index (χ1) is 11.1. The summed E-state index contributed by atoms with van der Waals surface area (Å²) in [6.07, 6.45) is 8.24. The third kappa shape index (κ3) is 6.93. The average Bonchev–Trinajstić information content (AvgIpc) is 2.55. The lowest BCUT2D eigenvalue weighted by Gasteiger charge is -2.31. The summed E-state index contributed by atoms with van der Waals surface area (Å²) < 4.78 is 0. The van der Waals surface area contributed by atoms with Crippen molar-refractivity contribution in [2.24, 2.45) is 17.8 Å². The van der Waals surface area contributed by atoms with E-state index in [0.717, 1.165) is 44.7 Å². The summed E-state index contributed by atoms with van der Waals surface area (Å²) in [4.78, 5) is 44.7. The van der Waals surface area contributed by atoms with Gasteiger partial charge in [0, 0.05) is 30.7 Å². The van der Waals surface area contributed by atoms with E-state index in [-0.39, 0.29) is 24.2 Å². The highest BCUT2D eigenvalue weighted by molar-refractivity contribution is 5.83. The molecule has 1 fully saturated rings. The van der Waals surface area contributed by atoms with Crippen molar-refractivity contribution in [3.05, 3.63) is 0 Å². The highest BCUT2D eigenvalue weighted by Crippen LogP contribution is 2.32. The maximum absolute atomic E-state index is 12.2. The van der Waals surface area contributed by atoms with E-state index in [4.69, 9.17) is 5.11 Å². The van der Waals surface area contributed by atoms with Crippen molar-refractivity contribution < 1.29 is 24.3 Å². The van der Waals surface area contributed by atoms with Gasteiger partial charge in [-0.15, -0.1) is 0 Å². The van der Waals surface area contributed by atoms with Crippen LogP contribution >= 0.6 is 0 Å². The van der Waals surface area contributed by atoms with E-state index in [1.807, 2.05) is 0 Å². The van der Waals surface area contributed by atoms with Gasteiger partial charge < -0.3 is 20.0 Å². The van der Waals surface area contributed by atoms with E-state index in [2.05, 4.69) is 5.32 Å². The number of carboxylic acid groups (broad SMARTS) is 1. The summed E-state index contributed by atoms with van der Waals surface area (Å²) in [6, 6.07) is 0. The molecule has 23 heavy (non-hydrogen) atoms. The summed E-state index contributed by atoms with van der Waals surface area (Å²) in [6.45, 7) is 0.561. The molecule has 6 nitrogen and oxygen atoms in total. The van der Waals surface area contributed by atoms with Crippen molar-refractivity contribution in [1.82, 2.24) is 5.32 Å². The molecule has 1 aliphatic carbocycles. The minimum atomic E-state index is -0.761. The van der Waals surface area contributed by atoms with E-state index in [1.165, 1.54) is 0 Å². The SMILES string of the molecule is O=CC1CCCC(C(=O)NCCCCCCCC(=O)O)C1C=O. The third-order valence-electron chi connectivity index (χ3n) is 4.55. The van der Waals surface area contributed by atoms with E-state index in [9.17, 15) is 19.2 Å². The van der Waals surface area contributed by atoms with Crippen molar-refractivity contribution in [1.29, 1.82) is 0 Å². The molecule has 3 unspecified atom stereocenters. The molecule has 130 valence electrons. The van der Waals surface area contributed by atoms with Crippen LogP contribution in [-0.4, -0.2) is 36.1 Å². The topological polar surface area (TPSA) is 101 Å². The molecule has 1 amide bonds. The van der Waals surface area contributed by atoms with Crippen LogP contribution in [0, 0.1) is 17.8 Å². The summed E-state index contributed by atoms with van der Waals surface area (Å²) in [5.41, 5.74) is 0. The zero-order valence-corrected chi connectivity index (χ0v) is 13.5. The molecule has 0 aliphatic heterocycles. The van der Waals surface area contributed by atoms with E-state index >= 15 is 0 Å². The van der Waals surface area contributed by atoms with E-state index in [0.29, 0.717) is 25.8 Å². The molecular formula is C17H27NO5. The lowest BCUT2D eigenvalue weighted by Crippen LogP contribution is -2.41. The number of carbonyl (C=O) groups excluding carboxylic acids is 3. The minimum Gasteiger partial charge on any atom is -0.481 e. The molecule has 2 N–H and O–H groups in total.